The molecule has 2 saturated heterocycles. The number of halogens is 1. The number of amidine groups is 2. The second-order valence-electron chi connectivity index (χ2n) is 9.04. The molecule has 5 rings (SSSR count). The van der Waals surface area contributed by atoms with Crippen LogP contribution in [0.15, 0.2) is 34.5 Å². The van der Waals surface area contributed by atoms with Gasteiger partial charge in [-0.25, -0.2) is 0 Å². The van der Waals surface area contributed by atoms with Crippen molar-refractivity contribution in [1.82, 2.24) is 30.0 Å². The molecule has 0 aliphatic carbocycles. The first kappa shape index (κ1) is 22.2. The first-order chi connectivity index (χ1) is 16.0. The SMILES string of the molecule is Cn1nnc(C[C@H]2CN(C3CCN(C4=NN=C(N)C4)CC3)[C@@H](Cc3ccc(Cl)cc3)CO2)n1. The van der Waals surface area contributed by atoms with Crippen LogP contribution in [0.25, 0.3) is 0 Å². The summed E-state index contributed by atoms with van der Waals surface area (Å²) in [4.78, 5) is 6.48. The topological polar surface area (TPSA) is 110 Å². The molecular weight excluding hydrogens is 442 g/mol. The van der Waals surface area contributed by atoms with Crippen LogP contribution in [0, 0.1) is 0 Å². The summed E-state index contributed by atoms with van der Waals surface area (Å²) in [5.74, 6) is 2.33. The van der Waals surface area contributed by atoms with Crippen LogP contribution in [0.1, 0.15) is 30.7 Å². The number of morpholine rings is 1. The number of aromatic nitrogens is 4. The van der Waals surface area contributed by atoms with Crippen molar-refractivity contribution in [2.75, 3.05) is 26.2 Å². The van der Waals surface area contributed by atoms with Crippen molar-refractivity contribution in [2.24, 2.45) is 23.0 Å². The van der Waals surface area contributed by atoms with E-state index in [1.165, 1.54) is 10.4 Å². The number of ether oxygens (including phenoxy) is 1. The molecule has 1 aromatic heterocycles. The summed E-state index contributed by atoms with van der Waals surface area (Å²) < 4.78 is 6.29. The molecule has 3 aliphatic heterocycles. The molecule has 0 bridgehead atoms. The Kier molecular flexibility index (Phi) is 6.57. The molecule has 0 unspecified atom stereocenters. The van der Waals surface area contributed by atoms with Crippen LogP contribution in [0.3, 0.4) is 0 Å². The Hall–Kier alpha value is -2.56. The van der Waals surface area contributed by atoms with E-state index in [-0.39, 0.29) is 6.10 Å². The Bertz CT molecular complexity index is 1010. The van der Waals surface area contributed by atoms with Crippen molar-refractivity contribution in [1.29, 1.82) is 0 Å². The summed E-state index contributed by atoms with van der Waals surface area (Å²) in [6.07, 6.45) is 4.47. The van der Waals surface area contributed by atoms with Crippen molar-refractivity contribution >= 4 is 23.3 Å². The van der Waals surface area contributed by atoms with E-state index >= 15 is 0 Å². The van der Waals surface area contributed by atoms with Gasteiger partial charge < -0.3 is 15.4 Å². The van der Waals surface area contributed by atoms with Crippen LogP contribution in [-0.2, 0) is 24.6 Å². The number of hydrogen-bond donors (Lipinski definition) is 1. The number of nitrogens with zero attached hydrogens (tertiary/aromatic N) is 8. The Morgan fingerprint density at radius 1 is 1.12 bits per heavy atom. The van der Waals surface area contributed by atoms with Crippen molar-refractivity contribution in [3.05, 3.63) is 40.7 Å². The monoisotopic (exact) mass is 471 g/mol. The average molecular weight is 472 g/mol. The lowest BCUT2D eigenvalue weighted by Gasteiger charge is -2.47. The highest BCUT2D eigenvalue weighted by molar-refractivity contribution is 6.30. The molecule has 3 aliphatic rings. The van der Waals surface area contributed by atoms with Crippen molar-refractivity contribution < 1.29 is 4.74 Å². The van der Waals surface area contributed by atoms with E-state index in [1.54, 1.807) is 7.05 Å². The standard InChI is InChI=1S/C22H30ClN9O/c1-30-28-21(26-29-30)11-19-13-32(18(14-33-19)10-15-2-4-16(23)5-3-15)17-6-8-31(9-7-17)22-12-20(24)25-27-22/h2-5,17-19H,6-14H2,1H3,(H2,24,25)/t18-,19-/m0/s1. The van der Waals surface area contributed by atoms with E-state index in [2.05, 4.69) is 47.5 Å². The van der Waals surface area contributed by atoms with Gasteiger partial charge >= 0.3 is 0 Å². The van der Waals surface area contributed by atoms with Gasteiger partial charge in [0, 0.05) is 43.2 Å². The summed E-state index contributed by atoms with van der Waals surface area (Å²) in [7, 11) is 1.79. The molecule has 33 heavy (non-hydrogen) atoms. The lowest BCUT2D eigenvalue weighted by molar-refractivity contribution is -0.0849. The zero-order valence-electron chi connectivity index (χ0n) is 18.8. The largest absolute Gasteiger partial charge is 0.385 e. The van der Waals surface area contributed by atoms with Gasteiger partial charge in [0.05, 0.1) is 26.2 Å². The number of likely N-dealkylation sites (tertiary alicyclic amines) is 1. The van der Waals surface area contributed by atoms with Crippen LogP contribution >= 0.6 is 11.6 Å². The van der Waals surface area contributed by atoms with E-state index in [4.69, 9.17) is 22.1 Å². The zero-order chi connectivity index (χ0) is 22.8. The number of hydrogen-bond acceptors (Lipinski definition) is 9. The predicted octanol–water partition coefficient (Wildman–Crippen LogP) is 1.26. The molecule has 0 radical (unpaired) electrons. The highest BCUT2D eigenvalue weighted by Gasteiger charge is 2.36. The van der Waals surface area contributed by atoms with Crippen molar-refractivity contribution in [2.45, 2.75) is 50.3 Å². The first-order valence-electron chi connectivity index (χ1n) is 11.5. The van der Waals surface area contributed by atoms with E-state index < -0.39 is 0 Å². The lowest BCUT2D eigenvalue weighted by Crippen LogP contribution is -2.57. The quantitative estimate of drug-likeness (QED) is 0.698. The first-order valence-corrected chi connectivity index (χ1v) is 11.9. The minimum absolute atomic E-state index is 0.0566. The maximum absolute atomic E-state index is 6.29. The van der Waals surface area contributed by atoms with Crippen molar-refractivity contribution in [3.8, 4) is 0 Å². The fourth-order valence-electron chi connectivity index (χ4n) is 5.01. The van der Waals surface area contributed by atoms with Crippen LogP contribution in [0.5, 0.6) is 0 Å². The molecule has 1 aromatic carbocycles. The third-order valence-electron chi connectivity index (χ3n) is 6.68. The van der Waals surface area contributed by atoms with Gasteiger partial charge in [0.1, 0.15) is 11.7 Å². The number of aryl methyl sites for hydroxylation is 1. The van der Waals surface area contributed by atoms with E-state index in [0.717, 1.165) is 55.6 Å². The second-order valence-corrected chi connectivity index (χ2v) is 9.47. The minimum atomic E-state index is 0.0566. The van der Waals surface area contributed by atoms with Crippen molar-refractivity contribution in [3.63, 3.8) is 0 Å². The average Bonchev–Trinajstić information content (AvgIpc) is 3.44. The summed E-state index contributed by atoms with van der Waals surface area (Å²) in [5.41, 5.74) is 7.09. The molecule has 0 spiro atoms. The summed E-state index contributed by atoms with van der Waals surface area (Å²) >= 11 is 6.10. The minimum Gasteiger partial charge on any atom is -0.385 e. The van der Waals surface area contributed by atoms with Gasteiger partial charge in [0.25, 0.3) is 0 Å². The number of tetrazole rings is 1. The smallest absolute Gasteiger partial charge is 0.177 e. The highest BCUT2D eigenvalue weighted by Crippen LogP contribution is 2.27. The normalized spacial score (nSPS) is 24.7. The molecule has 10 nitrogen and oxygen atoms in total. The fourth-order valence-corrected chi connectivity index (χ4v) is 5.14. The third kappa shape index (κ3) is 5.34. The number of piperidine rings is 1. The van der Waals surface area contributed by atoms with Gasteiger partial charge in [-0.2, -0.15) is 4.80 Å². The van der Waals surface area contributed by atoms with E-state index in [0.29, 0.717) is 37.4 Å². The number of benzene rings is 1. The van der Waals surface area contributed by atoms with E-state index in [9.17, 15) is 0 Å². The number of rotatable bonds is 5. The molecular formula is C22H30ClN9O. The van der Waals surface area contributed by atoms with Gasteiger partial charge in [-0.05, 0) is 42.2 Å². The summed E-state index contributed by atoms with van der Waals surface area (Å²) in [5, 5.41) is 21.5. The Morgan fingerprint density at radius 3 is 2.58 bits per heavy atom. The van der Waals surface area contributed by atoms with Crippen LogP contribution in [-0.4, -0.2) is 86.1 Å². The summed E-state index contributed by atoms with van der Waals surface area (Å²) in [6, 6.07) is 8.95. The molecule has 11 heteroatoms. The molecule has 0 amide bonds. The Morgan fingerprint density at radius 2 is 1.91 bits per heavy atom. The van der Waals surface area contributed by atoms with Gasteiger partial charge in [-0.1, -0.05) is 23.7 Å². The third-order valence-corrected chi connectivity index (χ3v) is 6.94. The fraction of sp³-hybridized carbons (Fsp3) is 0.591. The molecule has 2 fully saturated rings. The molecule has 0 saturated carbocycles. The van der Waals surface area contributed by atoms with Crippen LogP contribution < -0.4 is 5.73 Å². The molecule has 2 atom stereocenters. The molecule has 176 valence electrons. The maximum atomic E-state index is 6.29. The molecule has 2 aromatic rings. The Balaban J connectivity index is 1.26. The second kappa shape index (κ2) is 9.74. The van der Waals surface area contributed by atoms with Gasteiger partial charge in [-0.15, -0.1) is 20.4 Å². The van der Waals surface area contributed by atoms with Gasteiger partial charge in [0.2, 0.25) is 0 Å². The maximum Gasteiger partial charge on any atom is 0.177 e. The lowest BCUT2D eigenvalue weighted by atomic mass is 9.95. The van der Waals surface area contributed by atoms with Gasteiger partial charge in [-0.3, -0.25) is 4.90 Å². The molecule has 2 N–H and O–H groups in total. The van der Waals surface area contributed by atoms with E-state index in [1.807, 2.05) is 12.1 Å². The van der Waals surface area contributed by atoms with Crippen LogP contribution in [0.2, 0.25) is 5.02 Å². The predicted molar refractivity (Wildman–Crippen MR) is 126 cm³/mol. The van der Waals surface area contributed by atoms with Gasteiger partial charge in [0.15, 0.2) is 5.82 Å². The number of nitrogens with two attached hydrogens (primary N) is 1. The Labute approximate surface area is 198 Å². The zero-order valence-corrected chi connectivity index (χ0v) is 19.6. The van der Waals surface area contributed by atoms with Crippen LogP contribution in [0.4, 0.5) is 0 Å². The highest BCUT2D eigenvalue weighted by atomic mass is 35.5. The molecule has 4 heterocycles. The summed E-state index contributed by atoms with van der Waals surface area (Å²) in [6.45, 7) is 3.48.